The summed E-state index contributed by atoms with van der Waals surface area (Å²) in [6, 6.07) is 13.9. The highest BCUT2D eigenvalue weighted by atomic mass is 35.5. The minimum absolute atomic E-state index is 0.332. The zero-order valence-electron chi connectivity index (χ0n) is 13.0. The second kappa shape index (κ2) is 6.47. The SMILES string of the molecule is Fc1ccccc1-c1nc2ccn(Cc3ccc(Cl)c(Cl)c3)cc-2n1. The van der Waals surface area contributed by atoms with Gasteiger partial charge in [0.25, 0.3) is 0 Å². The molecule has 2 aromatic carbocycles. The van der Waals surface area contributed by atoms with Crippen LogP contribution >= 0.6 is 23.2 Å². The molecule has 6 heteroatoms. The Morgan fingerprint density at radius 1 is 0.920 bits per heavy atom. The predicted octanol–water partition coefficient (Wildman–Crippen LogP) is 5.54. The van der Waals surface area contributed by atoms with Crippen LogP contribution in [0.5, 0.6) is 0 Å². The summed E-state index contributed by atoms with van der Waals surface area (Å²) in [5.74, 6) is 0.0573. The van der Waals surface area contributed by atoms with E-state index in [0.29, 0.717) is 33.7 Å². The number of imidazole rings is 1. The van der Waals surface area contributed by atoms with Crippen molar-refractivity contribution in [3.63, 3.8) is 0 Å². The minimum atomic E-state index is -0.332. The number of halogens is 3. The summed E-state index contributed by atoms with van der Waals surface area (Å²) in [6.07, 6.45) is 3.79. The van der Waals surface area contributed by atoms with Crippen LogP contribution in [0.4, 0.5) is 4.39 Å². The summed E-state index contributed by atoms with van der Waals surface area (Å²) in [6.45, 7) is 0.620. The van der Waals surface area contributed by atoms with Crippen molar-refractivity contribution >= 4 is 23.2 Å². The molecule has 0 aliphatic carbocycles. The fraction of sp³-hybridized carbons (Fsp3) is 0.0526. The van der Waals surface area contributed by atoms with E-state index in [-0.39, 0.29) is 5.82 Å². The van der Waals surface area contributed by atoms with Gasteiger partial charge in [-0.3, -0.25) is 0 Å². The Balaban J connectivity index is 1.68. The number of pyridine rings is 1. The Morgan fingerprint density at radius 2 is 1.72 bits per heavy atom. The highest BCUT2D eigenvalue weighted by Crippen LogP contribution is 2.27. The maximum Gasteiger partial charge on any atom is 0.163 e. The second-order valence-electron chi connectivity index (χ2n) is 5.66. The summed E-state index contributed by atoms with van der Waals surface area (Å²) >= 11 is 12.0. The van der Waals surface area contributed by atoms with Crippen molar-refractivity contribution < 1.29 is 4.39 Å². The van der Waals surface area contributed by atoms with Crippen LogP contribution in [0.1, 0.15) is 5.56 Å². The lowest BCUT2D eigenvalue weighted by Crippen LogP contribution is -2.00. The van der Waals surface area contributed by atoms with Gasteiger partial charge in [0.15, 0.2) is 5.82 Å². The quantitative estimate of drug-likeness (QED) is 0.473. The zero-order chi connectivity index (χ0) is 17.4. The Morgan fingerprint density at radius 3 is 2.52 bits per heavy atom. The third-order valence-corrected chi connectivity index (χ3v) is 4.63. The lowest BCUT2D eigenvalue weighted by molar-refractivity contribution is 0.630. The molecule has 0 unspecified atom stereocenters. The van der Waals surface area contributed by atoms with Crippen molar-refractivity contribution in [2.45, 2.75) is 6.54 Å². The van der Waals surface area contributed by atoms with Gasteiger partial charge in [0, 0.05) is 18.9 Å². The topological polar surface area (TPSA) is 30.7 Å². The molecule has 0 aromatic heterocycles. The molecule has 2 aliphatic rings. The number of hydrogen-bond donors (Lipinski definition) is 0. The number of benzene rings is 2. The van der Waals surface area contributed by atoms with E-state index in [1.807, 2.05) is 35.2 Å². The molecule has 0 saturated carbocycles. The average molecular weight is 372 g/mol. The third-order valence-electron chi connectivity index (χ3n) is 3.89. The summed E-state index contributed by atoms with van der Waals surface area (Å²) in [5, 5.41) is 1.05. The van der Waals surface area contributed by atoms with Crippen molar-refractivity contribution in [1.82, 2.24) is 14.5 Å². The number of nitrogens with zero attached hydrogens (tertiary/aromatic N) is 3. The van der Waals surface area contributed by atoms with Crippen LogP contribution in [0.15, 0.2) is 60.9 Å². The molecule has 0 fully saturated rings. The summed E-state index contributed by atoms with van der Waals surface area (Å²) in [4.78, 5) is 8.87. The lowest BCUT2D eigenvalue weighted by atomic mass is 10.2. The van der Waals surface area contributed by atoms with E-state index in [1.54, 1.807) is 24.3 Å². The van der Waals surface area contributed by atoms with E-state index in [0.717, 1.165) is 11.3 Å². The van der Waals surface area contributed by atoms with E-state index in [4.69, 9.17) is 23.2 Å². The van der Waals surface area contributed by atoms with Gasteiger partial charge in [-0.15, -0.1) is 0 Å². The van der Waals surface area contributed by atoms with E-state index >= 15 is 0 Å². The molecule has 0 bridgehead atoms. The van der Waals surface area contributed by atoms with Gasteiger partial charge >= 0.3 is 0 Å². The van der Waals surface area contributed by atoms with E-state index < -0.39 is 0 Å². The Labute approximate surface area is 154 Å². The van der Waals surface area contributed by atoms with Gasteiger partial charge in [-0.1, -0.05) is 41.4 Å². The van der Waals surface area contributed by atoms with Crippen molar-refractivity contribution in [2.24, 2.45) is 0 Å². The molecule has 2 aromatic rings. The molecule has 0 radical (unpaired) electrons. The van der Waals surface area contributed by atoms with E-state index in [1.165, 1.54) is 6.07 Å². The third kappa shape index (κ3) is 3.23. The monoisotopic (exact) mass is 371 g/mol. The first-order valence-electron chi connectivity index (χ1n) is 7.62. The van der Waals surface area contributed by atoms with Crippen LogP contribution in [0.25, 0.3) is 22.8 Å². The second-order valence-corrected chi connectivity index (χ2v) is 6.48. The predicted molar refractivity (Wildman–Crippen MR) is 97.6 cm³/mol. The number of hydrogen-bond acceptors (Lipinski definition) is 2. The number of rotatable bonds is 3. The zero-order valence-corrected chi connectivity index (χ0v) is 14.5. The van der Waals surface area contributed by atoms with Gasteiger partial charge in [0.2, 0.25) is 0 Å². The molecule has 4 rings (SSSR count). The van der Waals surface area contributed by atoms with Crippen LogP contribution in [0, 0.1) is 5.82 Å². The molecule has 3 nitrogen and oxygen atoms in total. The number of aromatic nitrogens is 3. The maximum absolute atomic E-state index is 13.9. The van der Waals surface area contributed by atoms with Crippen molar-refractivity contribution in [1.29, 1.82) is 0 Å². The molecule has 0 spiro atoms. The van der Waals surface area contributed by atoms with Gasteiger partial charge in [-0.05, 0) is 35.9 Å². The van der Waals surface area contributed by atoms with Gasteiger partial charge in [0.1, 0.15) is 11.5 Å². The summed E-state index contributed by atoms with van der Waals surface area (Å²) < 4.78 is 15.9. The summed E-state index contributed by atoms with van der Waals surface area (Å²) in [7, 11) is 0. The normalized spacial score (nSPS) is 11.2. The molecule has 2 heterocycles. The van der Waals surface area contributed by atoms with E-state index in [9.17, 15) is 4.39 Å². The molecular weight excluding hydrogens is 360 g/mol. The van der Waals surface area contributed by atoms with Crippen molar-refractivity contribution in [3.8, 4) is 22.8 Å². The number of fused-ring (bicyclic) bond motifs is 1. The first-order chi connectivity index (χ1) is 12.1. The minimum Gasteiger partial charge on any atom is -0.348 e. The van der Waals surface area contributed by atoms with Crippen LogP contribution in [-0.2, 0) is 6.54 Å². The molecule has 0 atom stereocenters. The highest BCUT2D eigenvalue weighted by Gasteiger charge is 2.15. The van der Waals surface area contributed by atoms with Gasteiger partial charge < -0.3 is 4.57 Å². The van der Waals surface area contributed by atoms with Crippen LogP contribution < -0.4 is 0 Å². The van der Waals surface area contributed by atoms with Crippen molar-refractivity contribution in [3.05, 3.63) is 82.4 Å². The van der Waals surface area contributed by atoms with Crippen LogP contribution in [0.2, 0.25) is 10.0 Å². The Kier molecular flexibility index (Phi) is 4.15. The van der Waals surface area contributed by atoms with Gasteiger partial charge in [-0.2, -0.15) is 0 Å². The standard InChI is InChI=1S/C19H12Cl2FN3/c20-14-6-5-12(9-15(14)21)10-25-8-7-17-18(11-25)24-19(23-17)13-3-1-2-4-16(13)22/h1-9,11H,10H2. The first kappa shape index (κ1) is 16.1. The van der Waals surface area contributed by atoms with E-state index in [2.05, 4.69) is 9.97 Å². The summed E-state index contributed by atoms with van der Waals surface area (Å²) in [5.41, 5.74) is 2.85. The lowest BCUT2D eigenvalue weighted by Gasteiger charge is -2.08. The van der Waals surface area contributed by atoms with Crippen molar-refractivity contribution in [2.75, 3.05) is 0 Å². The highest BCUT2D eigenvalue weighted by molar-refractivity contribution is 6.42. The Hall–Kier alpha value is -2.43. The maximum atomic E-state index is 13.9. The van der Waals surface area contributed by atoms with Gasteiger partial charge in [-0.25, -0.2) is 14.4 Å². The molecule has 0 N–H and O–H groups in total. The molecule has 2 aliphatic heterocycles. The fourth-order valence-electron chi connectivity index (χ4n) is 2.66. The molecule has 124 valence electrons. The molecule has 0 amide bonds. The fourth-order valence-corrected chi connectivity index (χ4v) is 2.98. The van der Waals surface area contributed by atoms with Crippen LogP contribution in [-0.4, -0.2) is 14.5 Å². The van der Waals surface area contributed by atoms with Crippen LogP contribution in [0.3, 0.4) is 0 Å². The smallest absolute Gasteiger partial charge is 0.163 e. The largest absolute Gasteiger partial charge is 0.348 e. The first-order valence-corrected chi connectivity index (χ1v) is 8.38. The molecular formula is C19H12Cl2FN3. The molecule has 0 saturated heterocycles. The van der Waals surface area contributed by atoms with Gasteiger partial charge in [0.05, 0.1) is 21.3 Å². The Bertz CT molecular complexity index is 1030. The molecule has 25 heavy (non-hydrogen) atoms. The average Bonchev–Trinajstić information content (AvgIpc) is 3.01.